The Morgan fingerprint density at radius 1 is 0.800 bits per heavy atom. The van der Waals surface area contributed by atoms with Crippen LogP contribution in [0.1, 0.15) is 88.9 Å². The molecule has 4 rings (SSSR count). The summed E-state index contributed by atoms with van der Waals surface area (Å²) >= 11 is 0. The zero-order valence-electron chi connectivity index (χ0n) is 18.9. The van der Waals surface area contributed by atoms with Crippen LogP contribution in [0.3, 0.4) is 0 Å². The molecule has 1 saturated heterocycles. The average molecular weight is 407 g/mol. The Bertz CT molecular complexity index is 763. The van der Waals surface area contributed by atoms with Gasteiger partial charge in [-0.3, -0.25) is 0 Å². The first-order valence-corrected chi connectivity index (χ1v) is 12.2. The molecule has 1 aliphatic heterocycles. The third-order valence-electron chi connectivity index (χ3n) is 7.35. The van der Waals surface area contributed by atoms with Crippen LogP contribution < -0.4 is 0 Å². The number of ether oxygens (including phenoxy) is 2. The van der Waals surface area contributed by atoms with Gasteiger partial charge in [-0.15, -0.1) is 0 Å². The van der Waals surface area contributed by atoms with E-state index in [1.807, 2.05) is 0 Å². The van der Waals surface area contributed by atoms with Crippen LogP contribution in [0.15, 0.2) is 48.5 Å². The zero-order chi connectivity index (χ0) is 20.8. The van der Waals surface area contributed by atoms with Crippen molar-refractivity contribution >= 4 is 0 Å². The molecule has 2 atom stereocenters. The fourth-order valence-electron chi connectivity index (χ4n) is 5.30. The first-order valence-electron chi connectivity index (χ1n) is 12.2. The largest absolute Gasteiger partial charge is 0.373 e. The molecule has 0 radical (unpaired) electrons. The lowest BCUT2D eigenvalue weighted by Crippen LogP contribution is -2.30. The van der Waals surface area contributed by atoms with Gasteiger partial charge in [-0.2, -0.15) is 0 Å². The predicted octanol–water partition coefficient (Wildman–Crippen LogP) is 7.61. The second kappa shape index (κ2) is 10.1. The zero-order valence-corrected chi connectivity index (χ0v) is 18.9. The van der Waals surface area contributed by atoms with Crippen molar-refractivity contribution in [2.75, 3.05) is 13.2 Å². The van der Waals surface area contributed by atoms with Crippen LogP contribution in [0, 0.1) is 0 Å². The molecular weight excluding hydrogens is 368 g/mol. The average Bonchev–Trinajstić information content (AvgIpc) is 2.84. The lowest BCUT2D eigenvalue weighted by atomic mass is 9.66. The highest BCUT2D eigenvalue weighted by Gasteiger charge is 2.33. The fourth-order valence-corrected chi connectivity index (χ4v) is 5.30. The van der Waals surface area contributed by atoms with Crippen molar-refractivity contribution in [3.8, 4) is 11.1 Å². The van der Waals surface area contributed by atoms with Crippen molar-refractivity contribution in [2.24, 2.45) is 0 Å². The highest BCUT2D eigenvalue weighted by atomic mass is 16.6. The number of hydrogen-bond donors (Lipinski definition) is 0. The van der Waals surface area contributed by atoms with Gasteiger partial charge < -0.3 is 9.47 Å². The summed E-state index contributed by atoms with van der Waals surface area (Å²) in [6.45, 7) is 5.82. The van der Waals surface area contributed by atoms with Crippen molar-refractivity contribution < 1.29 is 9.47 Å². The SMILES string of the molecule is CCCCC1(c2ccc(-c3ccc([C@H]4CO[C@H](CC)CO4)cc3)cc2)CCCCC1. The van der Waals surface area contributed by atoms with Gasteiger partial charge in [0.2, 0.25) is 0 Å². The highest BCUT2D eigenvalue weighted by molar-refractivity contribution is 5.64. The smallest absolute Gasteiger partial charge is 0.106 e. The Morgan fingerprint density at radius 3 is 2.03 bits per heavy atom. The molecule has 162 valence electrons. The minimum Gasteiger partial charge on any atom is -0.373 e. The van der Waals surface area contributed by atoms with Crippen molar-refractivity contribution in [1.82, 2.24) is 0 Å². The molecule has 2 aromatic carbocycles. The summed E-state index contributed by atoms with van der Waals surface area (Å²) in [6, 6.07) is 18.3. The summed E-state index contributed by atoms with van der Waals surface area (Å²) in [7, 11) is 0. The van der Waals surface area contributed by atoms with Gasteiger partial charge in [0.25, 0.3) is 0 Å². The van der Waals surface area contributed by atoms with E-state index < -0.39 is 0 Å². The Kier molecular flexibility index (Phi) is 7.28. The van der Waals surface area contributed by atoms with E-state index in [9.17, 15) is 0 Å². The Labute approximate surface area is 183 Å². The fraction of sp³-hybridized carbons (Fsp3) is 0.571. The summed E-state index contributed by atoms with van der Waals surface area (Å²) < 4.78 is 11.9. The maximum atomic E-state index is 6.01. The van der Waals surface area contributed by atoms with E-state index in [1.165, 1.54) is 68.1 Å². The maximum Gasteiger partial charge on any atom is 0.106 e. The molecule has 0 spiro atoms. The summed E-state index contributed by atoms with van der Waals surface area (Å²) in [5.41, 5.74) is 5.78. The van der Waals surface area contributed by atoms with Crippen LogP contribution in [0.2, 0.25) is 0 Å². The first-order chi connectivity index (χ1) is 14.7. The minimum absolute atomic E-state index is 0.0638. The molecule has 2 aliphatic rings. The van der Waals surface area contributed by atoms with Crippen LogP contribution in [-0.2, 0) is 14.9 Å². The molecule has 2 nitrogen and oxygen atoms in total. The molecule has 0 bridgehead atoms. The van der Waals surface area contributed by atoms with Gasteiger partial charge in [0.05, 0.1) is 19.3 Å². The molecule has 1 heterocycles. The van der Waals surface area contributed by atoms with E-state index in [-0.39, 0.29) is 12.2 Å². The van der Waals surface area contributed by atoms with Gasteiger partial charge >= 0.3 is 0 Å². The van der Waals surface area contributed by atoms with Crippen LogP contribution >= 0.6 is 0 Å². The van der Waals surface area contributed by atoms with Gasteiger partial charge in [0.1, 0.15) is 6.10 Å². The highest BCUT2D eigenvalue weighted by Crippen LogP contribution is 2.43. The number of unbranched alkanes of at least 4 members (excludes halogenated alkanes) is 1. The van der Waals surface area contributed by atoms with E-state index in [2.05, 4.69) is 62.4 Å². The third kappa shape index (κ3) is 4.81. The summed E-state index contributed by atoms with van der Waals surface area (Å²) in [4.78, 5) is 0. The topological polar surface area (TPSA) is 18.5 Å². The summed E-state index contributed by atoms with van der Waals surface area (Å²) in [6.07, 6.45) is 12.2. The van der Waals surface area contributed by atoms with E-state index >= 15 is 0 Å². The normalized spacial score (nSPS) is 23.9. The number of hydrogen-bond acceptors (Lipinski definition) is 2. The van der Waals surface area contributed by atoms with Crippen molar-refractivity contribution in [3.63, 3.8) is 0 Å². The lowest BCUT2D eigenvalue weighted by molar-refractivity contribution is -0.135. The Morgan fingerprint density at radius 2 is 1.47 bits per heavy atom. The second-order valence-corrected chi connectivity index (χ2v) is 9.33. The molecule has 1 aliphatic carbocycles. The number of rotatable bonds is 7. The molecule has 0 N–H and O–H groups in total. The van der Waals surface area contributed by atoms with Gasteiger partial charge in [-0.25, -0.2) is 0 Å². The van der Waals surface area contributed by atoms with E-state index in [0.717, 1.165) is 6.42 Å². The molecule has 1 saturated carbocycles. The molecule has 2 fully saturated rings. The van der Waals surface area contributed by atoms with Gasteiger partial charge in [-0.1, -0.05) is 94.5 Å². The van der Waals surface area contributed by atoms with Gasteiger partial charge in [-0.05, 0) is 53.4 Å². The van der Waals surface area contributed by atoms with Crippen molar-refractivity contribution in [1.29, 1.82) is 0 Å². The van der Waals surface area contributed by atoms with Crippen LogP contribution in [0.25, 0.3) is 11.1 Å². The monoisotopic (exact) mass is 406 g/mol. The van der Waals surface area contributed by atoms with Crippen LogP contribution in [-0.4, -0.2) is 19.3 Å². The standard InChI is InChI=1S/C28H38O2/c1-3-5-17-28(18-7-6-8-19-28)25-15-13-23(14-16-25)22-9-11-24(12-10-22)27-21-29-26(4-2)20-30-27/h9-16,26-27H,3-8,17-21H2,1-2H3/t26-,27-/m1/s1. The summed E-state index contributed by atoms with van der Waals surface area (Å²) in [5, 5.41) is 0. The Balaban J connectivity index is 1.46. The molecule has 2 heteroatoms. The molecule has 30 heavy (non-hydrogen) atoms. The molecular formula is C28H38O2. The van der Waals surface area contributed by atoms with Crippen LogP contribution in [0.4, 0.5) is 0 Å². The van der Waals surface area contributed by atoms with Gasteiger partial charge in [0.15, 0.2) is 0 Å². The van der Waals surface area contributed by atoms with Gasteiger partial charge in [0, 0.05) is 0 Å². The van der Waals surface area contributed by atoms with E-state index in [4.69, 9.17) is 9.47 Å². The lowest BCUT2D eigenvalue weighted by Gasteiger charge is -2.38. The molecule has 0 amide bonds. The molecule has 0 aromatic heterocycles. The molecule has 2 aromatic rings. The first kappa shape index (κ1) is 21.6. The third-order valence-corrected chi connectivity index (χ3v) is 7.35. The molecule has 0 unspecified atom stereocenters. The minimum atomic E-state index is 0.0638. The quantitative estimate of drug-likeness (QED) is 0.471. The van der Waals surface area contributed by atoms with Crippen molar-refractivity contribution in [3.05, 3.63) is 59.7 Å². The van der Waals surface area contributed by atoms with Crippen molar-refractivity contribution in [2.45, 2.75) is 89.3 Å². The van der Waals surface area contributed by atoms with E-state index in [0.29, 0.717) is 18.6 Å². The summed E-state index contributed by atoms with van der Waals surface area (Å²) in [5.74, 6) is 0. The van der Waals surface area contributed by atoms with Crippen LogP contribution in [0.5, 0.6) is 0 Å². The second-order valence-electron chi connectivity index (χ2n) is 9.33. The van der Waals surface area contributed by atoms with E-state index in [1.54, 1.807) is 5.56 Å². The maximum absolute atomic E-state index is 6.01. The predicted molar refractivity (Wildman–Crippen MR) is 125 cm³/mol. The number of benzene rings is 2. The Hall–Kier alpha value is -1.64.